The molecule has 144 valence electrons. The lowest BCUT2D eigenvalue weighted by Gasteiger charge is -2.56. The topological polar surface area (TPSA) is 30.7 Å². The van der Waals surface area contributed by atoms with Gasteiger partial charge in [-0.1, -0.05) is 53.7 Å². The molecule has 29 heavy (non-hydrogen) atoms. The van der Waals surface area contributed by atoms with Crippen LogP contribution in [0.4, 0.5) is 0 Å². The molecular weight excluding hydrogens is 354 g/mol. The monoisotopic (exact) mass is 379 g/mol. The van der Waals surface area contributed by atoms with Crippen LogP contribution in [0.5, 0.6) is 0 Å². The fraction of sp³-hybridized carbons (Fsp3) is 0.385. The second-order valence-corrected chi connectivity index (χ2v) is 9.88. The van der Waals surface area contributed by atoms with Gasteiger partial charge in [0, 0.05) is 5.56 Å². The Labute approximate surface area is 170 Å². The Morgan fingerprint density at radius 1 is 0.759 bits per heavy atom. The van der Waals surface area contributed by atoms with E-state index in [1.165, 1.54) is 65.6 Å². The molecule has 0 saturated heterocycles. The zero-order valence-electron chi connectivity index (χ0n) is 16.6. The van der Waals surface area contributed by atoms with E-state index in [4.69, 9.17) is 10.3 Å². The minimum Gasteiger partial charge on any atom is -0.246 e. The molecule has 0 spiro atoms. The van der Waals surface area contributed by atoms with Crippen LogP contribution in [-0.4, -0.2) is 15.0 Å². The second-order valence-electron chi connectivity index (χ2n) is 9.88. The number of nitrogens with zero attached hydrogens (tertiary/aromatic N) is 3. The van der Waals surface area contributed by atoms with Crippen LogP contribution in [0.2, 0.25) is 0 Å². The van der Waals surface area contributed by atoms with Crippen molar-refractivity contribution in [2.45, 2.75) is 44.1 Å². The van der Waals surface area contributed by atoms with E-state index in [1.54, 1.807) is 0 Å². The molecule has 0 unspecified atom stereocenters. The van der Waals surface area contributed by atoms with Gasteiger partial charge in [-0.15, -0.1) is 5.10 Å². The molecule has 0 N–H and O–H groups in total. The highest BCUT2D eigenvalue weighted by atomic mass is 15.5. The molecule has 8 rings (SSSR count). The van der Waals surface area contributed by atoms with Crippen molar-refractivity contribution >= 4 is 21.5 Å². The maximum absolute atomic E-state index is 4.74. The van der Waals surface area contributed by atoms with Crippen molar-refractivity contribution in [2.24, 2.45) is 17.8 Å². The van der Waals surface area contributed by atoms with Crippen LogP contribution in [0.25, 0.3) is 32.8 Å². The Morgan fingerprint density at radius 3 is 2.10 bits per heavy atom. The molecule has 4 fully saturated rings. The summed E-state index contributed by atoms with van der Waals surface area (Å²) in [6, 6.07) is 19.7. The van der Waals surface area contributed by atoms with Crippen LogP contribution in [0.3, 0.4) is 0 Å². The predicted octanol–water partition coefficient (Wildman–Crippen LogP) is 6.18. The van der Waals surface area contributed by atoms with Gasteiger partial charge in [-0.2, -0.15) is 0 Å². The zero-order chi connectivity index (χ0) is 19.0. The molecular formula is C26H25N3. The Kier molecular flexibility index (Phi) is 3.17. The quantitative estimate of drug-likeness (QED) is 0.390. The molecule has 4 aliphatic carbocycles. The van der Waals surface area contributed by atoms with Crippen LogP contribution in [-0.2, 0) is 5.54 Å². The van der Waals surface area contributed by atoms with Crippen LogP contribution in [0.1, 0.15) is 38.5 Å². The molecule has 3 heteroatoms. The molecule has 0 amide bonds. The number of aromatic nitrogens is 3. The van der Waals surface area contributed by atoms with Crippen molar-refractivity contribution in [1.82, 2.24) is 15.0 Å². The largest absolute Gasteiger partial charge is 0.246 e. The first-order valence-electron chi connectivity index (χ1n) is 11.1. The van der Waals surface area contributed by atoms with Gasteiger partial charge in [0.05, 0.1) is 11.7 Å². The molecule has 1 aromatic heterocycles. The van der Waals surface area contributed by atoms with E-state index in [2.05, 4.69) is 65.5 Å². The maximum atomic E-state index is 4.74. The first-order valence-corrected chi connectivity index (χ1v) is 11.1. The molecule has 4 aromatic rings. The fourth-order valence-electron chi connectivity index (χ4n) is 7.23. The van der Waals surface area contributed by atoms with Gasteiger partial charge in [0.1, 0.15) is 5.69 Å². The van der Waals surface area contributed by atoms with Crippen LogP contribution < -0.4 is 0 Å². The molecule has 4 saturated carbocycles. The van der Waals surface area contributed by atoms with Crippen molar-refractivity contribution in [3.05, 3.63) is 60.8 Å². The predicted molar refractivity (Wildman–Crippen MR) is 117 cm³/mol. The molecule has 3 aromatic carbocycles. The van der Waals surface area contributed by atoms with Gasteiger partial charge in [-0.05, 0) is 83.9 Å². The fourth-order valence-corrected chi connectivity index (χ4v) is 7.23. The SMILES string of the molecule is c1ccc2c(c1)cc(-c1cn(C34CC5CC(CC(C5)C3)C4)nn1)c1ccccc12. The van der Waals surface area contributed by atoms with E-state index in [0.29, 0.717) is 0 Å². The summed E-state index contributed by atoms with van der Waals surface area (Å²) in [5.74, 6) is 2.74. The Bertz CT molecular complexity index is 1220. The lowest BCUT2D eigenvalue weighted by atomic mass is 9.53. The Hall–Kier alpha value is -2.68. The smallest absolute Gasteiger partial charge is 0.113 e. The van der Waals surface area contributed by atoms with Crippen molar-refractivity contribution < 1.29 is 0 Å². The summed E-state index contributed by atoms with van der Waals surface area (Å²) in [5, 5.41) is 14.6. The van der Waals surface area contributed by atoms with Crippen molar-refractivity contribution in [2.75, 3.05) is 0 Å². The summed E-state index contributed by atoms with van der Waals surface area (Å²) >= 11 is 0. The zero-order valence-corrected chi connectivity index (χ0v) is 16.6. The van der Waals surface area contributed by atoms with E-state index in [1.807, 2.05) is 0 Å². The van der Waals surface area contributed by atoms with Crippen molar-refractivity contribution in [1.29, 1.82) is 0 Å². The number of rotatable bonds is 2. The average Bonchev–Trinajstić information content (AvgIpc) is 3.23. The minimum atomic E-state index is 0.229. The molecule has 3 nitrogen and oxygen atoms in total. The highest BCUT2D eigenvalue weighted by molar-refractivity contribution is 6.13. The normalized spacial score (nSPS) is 30.4. The van der Waals surface area contributed by atoms with Gasteiger partial charge in [0.2, 0.25) is 0 Å². The first-order chi connectivity index (χ1) is 14.3. The van der Waals surface area contributed by atoms with Gasteiger partial charge in [0.25, 0.3) is 0 Å². The summed E-state index contributed by atoms with van der Waals surface area (Å²) in [6.07, 6.45) is 10.5. The van der Waals surface area contributed by atoms with Crippen LogP contribution >= 0.6 is 0 Å². The molecule has 4 aliphatic rings. The molecule has 0 radical (unpaired) electrons. The molecule has 1 heterocycles. The van der Waals surface area contributed by atoms with Crippen LogP contribution in [0.15, 0.2) is 60.8 Å². The molecule has 4 bridgehead atoms. The van der Waals surface area contributed by atoms with E-state index < -0.39 is 0 Å². The van der Waals surface area contributed by atoms with Crippen molar-refractivity contribution in [3.8, 4) is 11.3 Å². The third-order valence-electron chi connectivity index (χ3n) is 8.03. The van der Waals surface area contributed by atoms with E-state index in [0.717, 1.165) is 23.4 Å². The summed E-state index contributed by atoms with van der Waals surface area (Å²) in [7, 11) is 0. The number of benzene rings is 3. The van der Waals surface area contributed by atoms with Gasteiger partial charge in [0.15, 0.2) is 0 Å². The number of hydrogen-bond donors (Lipinski definition) is 0. The Balaban J connectivity index is 1.39. The lowest BCUT2D eigenvalue weighted by molar-refractivity contribution is -0.0502. The molecule has 0 aliphatic heterocycles. The van der Waals surface area contributed by atoms with Crippen molar-refractivity contribution in [3.63, 3.8) is 0 Å². The maximum Gasteiger partial charge on any atom is 0.113 e. The summed E-state index contributed by atoms with van der Waals surface area (Å²) in [5.41, 5.74) is 2.45. The van der Waals surface area contributed by atoms with Crippen LogP contribution in [0, 0.1) is 17.8 Å². The first kappa shape index (κ1) is 16.2. The molecule has 0 atom stereocenters. The standard InChI is InChI=1S/C26H25N3/c1-2-6-21-20(5-1)12-24(23-8-4-3-7-22(21)23)25-16-29(28-27-25)26-13-17-9-18(14-26)11-19(10-17)15-26/h1-8,12,16-19H,9-11,13-15H2. The highest BCUT2D eigenvalue weighted by Gasteiger charge is 2.52. The summed E-state index contributed by atoms with van der Waals surface area (Å²) < 4.78 is 2.27. The summed E-state index contributed by atoms with van der Waals surface area (Å²) in [4.78, 5) is 0. The minimum absolute atomic E-state index is 0.229. The van der Waals surface area contributed by atoms with Gasteiger partial charge in [-0.25, -0.2) is 4.68 Å². The van der Waals surface area contributed by atoms with Gasteiger partial charge < -0.3 is 0 Å². The third-order valence-corrected chi connectivity index (χ3v) is 8.03. The van der Waals surface area contributed by atoms with E-state index >= 15 is 0 Å². The second kappa shape index (κ2) is 5.69. The summed E-state index contributed by atoms with van der Waals surface area (Å²) in [6.45, 7) is 0. The highest BCUT2D eigenvalue weighted by Crippen LogP contribution is 2.58. The third kappa shape index (κ3) is 2.30. The van der Waals surface area contributed by atoms with Gasteiger partial charge in [-0.3, -0.25) is 0 Å². The lowest BCUT2D eigenvalue weighted by Crippen LogP contribution is -2.52. The Morgan fingerprint density at radius 2 is 1.38 bits per heavy atom. The van der Waals surface area contributed by atoms with E-state index in [-0.39, 0.29) is 5.54 Å². The average molecular weight is 380 g/mol. The number of hydrogen-bond acceptors (Lipinski definition) is 2. The van der Waals surface area contributed by atoms with E-state index in [9.17, 15) is 0 Å². The van der Waals surface area contributed by atoms with Gasteiger partial charge >= 0.3 is 0 Å². The number of fused-ring (bicyclic) bond motifs is 3.